The zero-order valence-electron chi connectivity index (χ0n) is 5.42. The van der Waals surface area contributed by atoms with Crippen molar-refractivity contribution < 1.29 is 9.84 Å². The van der Waals surface area contributed by atoms with Crippen molar-refractivity contribution in [1.29, 1.82) is 0 Å². The molecule has 1 heterocycles. The van der Waals surface area contributed by atoms with Crippen molar-refractivity contribution in [2.45, 2.75) is 12.5 Å². The van der Waals surface area contributed by atoms with Crippen LogP contribution in [0, 0.1) is 5.92 Å². The third kappa shape index (κ3) is 1.53. The summed E-state index contributed by atoms with van der Waals surface area (Å²) in [6.07, 6.45) is 2.27. The van der Waals surface area contributed by atoms with Gasteiger partial charge in [-0.25, -0.2) is 0 Å². The van der Waals surface area contributed by atoms with E-state index in [4.69, 9.17) is 4.74 Å². The summed E-state index contributed by atoms with van der Waals surface area (Å²) in [5.74, 6) is 0.152. The van der Waals surface area contributed by atoms with E-state index in [1.54, 1.807) is 6.08 Å². The van der Waals surface area contributed by atoms with Gasteiger partial charge in [0.05, 0.1) is 12.7 Å². The van der Waals surface area contributed by atoms with Gasteiger partial charge in [-0.05, 0) is 6.42 Å². The SMILES string of the molecule is C=C[C@@H]1COCC[C@H]1O. The summed E-state index contributed by atoms with van der Waals surface area (Å²) in [7, 11) is 0. The molecule has 2 heteroatoms. The molecule has 2 atom stereocenters. The molecule has 52 valence electrons. The number of aliphatic hydroxyl groups excluding tert-OH is 1. The second-order valence-electron chi connectivity index (χ2n) is 2.33. The fraction of sp³-hybridized carbons (Fsp3) is 0.714. The molecule has 0 aliphatic carbocycles. The molecule has 1 aliphatic heterocycles. The lowest BCUT2D eigenvalue weighted by molar-refractivity contribution is -0.0175. The van der Waals surface area contributed by atoms with Crippen LogP contribution in [0.4, 0.5) is 0 Å². The molecular weight excluding hydrogens is 116 g/mol. The molecule has 1 fully saturated rings. The molecule has 0 spiro atoms. The molecule has 0 amide bonds. The van der Waals surface area contributed by atoms with Crippen molar-refractivity contribution in [1.82, 2.24) is 0 Å². The fourth-order valence-electron chi connectivity index (χ4n) is 0.974. The molecule has 0 unspecified atom stereocenters. The maximum absolute atomic E-state index is 9.22. The Bertz CT molecular complexity index is 101. The van der Waals surface area contributed by atoms with E-state index in [2.05, 4.69) is 6.58 Å². The molecule has 0 bridgehead atoms. The summed E-state index contributed by atoms with van der Waals surface area (Å²) in [4.78, 5) is 0. The van der Waals surface area contributed by atoms with Gasteiger partial charge in [-0.1, -0.05) is 6.08 Å². The molecule has 0 aromatic rings. The van der Waals surface area contributed by atoms with Crippen LogP contribution in [0.3, 0.4) is 0 Å². The van der Waals surface area contributed by atoms with Crippen LogP contribution >= 0.6 is 0 Å². The molecule has 0 saturated carbocycles. The van der Waals surface area contributed by atoms with Crippen LogP contribution in [0.15, 0.2) is 12.7 Å². The lowest BCUT2D eigenvalue weighted by Crippen LogP contribution is -2.29. The molecule has 1 aliphatic rings. The van der Waals surface area contributed by atoms with Crippen LogP contribution in [0.1, 0.15) is 6.42 Å². The molecule has 2 nitrogen and oxygen atoms in total. The zero-order valence-corrected chi connectivity index (χ0v) is 5.42. The van der Waals surface area contributed by atoms with Crippen LogP contribution in [0.25, 0.3) is 0 Å². The van der Waals surface area contributed by atoms with Gasteiger partial charge >= 0.3 is 0 Å². The van der Waals surface area contributed by atoms with Crippen LogP contribution in [0.5, 0.6) is 0 Å². The standard InChI is InChI=1S/C7H12O2/c1-2-6-5-9-4-3-7(6)8/h2,6-8H,1,3-5H2/t6-,7-/m1/s1. The Labute approximate surface area is 55.1 Å². The second kappa shape index (κ2) is 2.99. The fourth-order valence-corrected chi connectivity index (χ4v) is 0.974. The first-order chi connectivity index (χ1) is 4.34. The van der Waals surface area contributed by atoms with Gasteiger partial charge < -0.3 is 9.84 Å². The highest BCUT2D eigenvalue weighted by Crippen LogP contribution is 2.14. The molecule has 0 aromatic carbocycles. The molecule has 9 heavy (non-hydrogen) atoms. The van der Waals surface area contributed by atoms with Crippen molar-refractivity contribution in [3.8, 4) is 0 Å². The van der Waals surface area contributed by atoms with Crippen LogP contribution in [0.2, 0.25) is 0 Å². The number of aliphatic hydroxyl groups is 1. The highest BCUT2D eigenvalue weighted by atomic mass is 16.5. The summed E-state index contributed by atoms with van der Waals surface area (Å²) < 4.78 is 5.11. The van der Waals surface area contributed by atoms with Gasteiger partial charge in [0.2, 0.25) is 0 Å². The summed E-state index contributed by atoms with van der Waals surface area (Å²) >= 11 is 0. The minimum atomic E-state index is -0.226. The number of hydrogen-bond acceptors (Lipinski definition) is 2. The number of rotatable bonds is 1. The smallest absolute Gasteiger partial charge is 0.0646 e. The highest BCUT2D eigenvalue weighted by Gasteiger charge is 2.19. The maximum Gasteiger partial charge on any atom is 0.0646 e. The van der Waals surface area contributed by atoms with Crippen LogP contribution < -0.4 is 0 Å². The lowest BCUT2D eigenvalue weighted by atomic mass is 9.99. The zero-order chi connectivity index (χ0) is 6.69. The molecule has 1 saturated heterocycles. The van der Waals surface area contributed by atoms with Gasteiger partial charge in [-0.15, -0.1) is 6.58 Å². The van der Waals surface area contributed by atoms with Crippen molar-refractivity contribution in [2.75, 3.05) is 13.2 Å². The monoisotopic (exact) mass is 128 g/mol. The third-order valence-corrected chi connectivity index (χ3v) is 1.67. The Hall–Kier alpha value is -0.340. The van der Waals surface area contributed by atoms with Gasteiger partial charge in [0.1, 0.15) is 0 Å². The minimum absolute atomic E-state index is 0.152. The predicted molar refractivity (Wildman–Crippen MR) is 35.1 cm³/mol. The molecule has 1 rings (SSSR count). The van der Waals surface area contributed by atoms with Crippen LogP contribution in [-0.4, -0.2) is 24.4 Å². The highest BCUT2D eigenvalue weighted by molar-refractivity contribution is 4.86. The topological polar surface area (TPSA) is 29.5 Å². The van der Waals surface area contributed by atoms with Crippen LogP contribution in [-0.2, 0) is 4.74 Å². The third-order valence-electron chi connectivity index (χ3n) is 1.67. The second-order valence-corrected chi connectivity index (χ2v) is 2.33. The van der Waals surface area contributed by atoms with Crippen molar-refractivity contribution in [3.63, 3.8) is 0 Å². The number of hydrogen-bond donors (Lipinski definition) is 1. The largest absolute Gasteiger partial charge is 0.392 e. The lowest BCUT2D eigenvalue weighted by Gasteiger charge is -2.24. The predicted octanol–water partition coefficient (Wildman–Crippen LogP) is 0.570. The number of ether oxygens (including phenoxy) is 1. The molecule has 1 N–H and O–H groups in total. The first-order valence-electron chi connectivity index (χ1n) is 3.23. The van der Waals surface area contributed by atoms with E-state index in [0.717, 1.165) is 6.42 Å². The average molecular weight is 128 g/mol. The van der Waals surface area contributed by atoms with Crippen molar-refractivity contribution in [2.24, 2.45) is 5.92 Å². The van der Waals surface area contributed by atoms with E-state index in [0.29, 0.717) is 13.2 Å². The van der Waals surface area contributed by atoms with Crippen molar-refractivity contribution in [3.05, 3.63) is 12.7 Å². The van der Waals surface area contributed by atoms with Crippen molar-refractivity contribution >= 4 is 0 Å². The Morgan fingerprint density at radius 2 is 2.44 bits per heavy atom. The Kier molecular flexibility index (Phi) is 2.25. The quantitative estimate of drug-likeness (QED) is 0.523. The van der Waals surface area contributed by atoms with E-state index in [9.17, 15) is 5.11 Å². The summed E-state index contributed by atoms with van der Waals surface area (Å²) in [5, 5.41) is 9.22. The van der Waals surface area contributed by atoms with Gasteiger partial charge in [-0.3, -0.25) is 0 Å². The van der Waals surface area contributed by atoms with Gasteiger partial charge in [0, 0.05) is 12.5 Å². The summed E-state index contributed by atoms with van der Waals surface area (Å²) in [6.45, 7) is 4.91. The molecular formula is C7H12O2. The average Bonchev–Trinajstić information content (AvgIpc) is 1.89. The van der Waals surface area contributed by atoms with Gasteiger partial charge in [-0.2, -0.15) is 0 Å². The Morgan fingerprint density at radius 3 is 2.89 bits per heavy atom. The normalized spacial score (nSPS) is 36.1. The molecule has 0 radical (unpaired) electrons. The van der Waals surface area contributed by atoms with E-state index in [-0.39, 0.29) is 12.0 Å². The van der Waals surface area contributed by atoms with E-state index in [1.807, 2.05) is 0 Å². The minimum Gasteiger partial charge on any atom is -0.392 e. The Balaban J connectivity index is 2.38. The summed E-state index contributed by atoms with van der Waals surface area (Å²) in [6, 6.07) is 0. The Morgan fingerprint density at radius 1 is 1.67 bits per heavy atom. The van der Waals surface area contributed by atoms with Gasteiger partial charge in [0.25, 0.3) is 0 Å². The molecule has 0 aromatic heterocycles. The van der Waals surface area contributed by atoms with E-state index >= 15 is 0 Å². The van der Waals surface area contributed by atoms with E-state index < -0.39 is 0 Å². The summed E-state index contributed by atoms with van der Waals surface area (Å²) in [5.41, 5.74) is 0. The van der Waals surface area contributed by atoms with E-state index in [1.165, 1.54) is 0 Å². The van der Waals surface area contributed by atoms with Gasteiger partial charge in [0.15, 0.2) is 0 Å². The first kappa shape index (κ1) is 6.78. The maximum atomic E-state index is 9.22. The first-order valence-corrected chi connectivity index (χ1v) is 3.23.